The third kappa shape index (κ3) is 1.46. The minimum atomic E-state index is 0.925. The van der Waals surface area contributed by atoms with Gasteiger partial charge in [0.1, 0.15) is 18.4 Å². The molecule has 0 saturated heterocycles. The highest BCUT2D eigenvalue weighted by molar-refractivity contribution is 5.94. The van der Waals surface area contributed by atoms with Crippen LogP contribution in [0, 0.1) is 6.92 Å². The number of aromatic nitrogens is 3. The molecule has 3 aromatic rings. The molecule has 1 aromatic carbocycles. The van der Waals surface area contributed by atoms with E-state index in [4.69, 9.17) is 4.98 Å². The summed E-state index contributed by atoms with van der Waals surface area (Å²) in [4.78, 5) is 4.86. The Morgan fingerprint density at radius 1 is 1.20 bits per heavy atom. The predicted molar refractivity (Wildman–Crippen MR) is 80.1 cm³/mol. The minimum Gasteiger partial charge on any atom is -0.303 e. The van der Waals surface area contributed by atoms with E-state index in [1.54, 1.807) is 0 Å². The number of hydrogen-bond acceptors (Lipinski definition) is 1. The molecule has 4 rings (SSSR count). The van der Waals surface area contributed by atoms with Crippen molar-refractivity contribution in [1.29, 1.82) is 0 Å². The Balaban J connectivity index is 2.11. The van der Waals surface area contributed by atoms with Gasteiger partial charge in [0.15, 0.2) is 6.20 Å². The van der Waals surface area contributed by atoms with Crippen molar-refractivity contribution in [3.05, 3.63) is 54.0 Å². The van der Waals surface area contributed by atoms with Crippen molar-refractivity contribution in [3.8, 4) is 11.3 Å². The summed E-state index contributed by atoms with van der Waals surface area (Å²) in [5, 5.41) is 0. The second-order valence-corrected chi connectivity index (χ2v) is 5.31. The van der Waals surface area contributed by atoms with Gasteiger partial charge in [0.05, 0.1) is 11.1 Å². The van der Waals surface area contributed by atoms with Crippen LogP contribution in [0.25, 0.3) is 28.5 Å². The molecule has 1 aliphatic heterocycles. The first-order chi connectivity index (χ1) is 9.75. The molecule has 3 nitrogen and oxygen atoms in total. The molecule has 0 bridgehead atoms. The van der Waals surface area contributed by atoms with Crippen molar-refractivity contribution in [2.45, 2.75) is 13.3 Å². The Kier molecular flexibility index (Phi) is 2.30. The van der Waals surface area contributed by atoms with Crippen molar-refractivity contribution in [2.24, 2.45) is 7.05 Å². The molecule has 0 amide bonds. The number of hydrogen-bond donors (Lipinski definition) is 0. The fraction of sp³-hybridized carbons (Fsp3) is 0.176. The molecule has 0 spiro atoms. The monoisotopic (exact) mass is 262 g/mol. The lowest BCUT2D eigenvalue weighted by atomic mass is 10.0. The molecule has 98 valence electrons. The van der Waals surface area contributed by atoms with Crippen molar-refractivity contribution in [3.63, 3.8) is 0 Å². The Morgan fingerprint density at radius 3 is 2.95 bits per heavy atom. The Hall–Kier alpha value is -2.42. The van der Waals surface area contributed by atoms with E-state index >= 15 is 0 Å². The van der Waals surface area contributed by atoms with Crippen molar-refractivity contribution >= 4 is 17.2 Å². The fourth-order valence-corrected chi connectivity index (χ4v) is 2.99. The number of imidazole rings is 1. The summed E-state index contributed by atoms with van der Waals surface area (Å²) in [6, 6.07) is 10.6. The van der Waals surface area contributed by atoms with E-state index in [1.165, 1.54) is 22.3 Å². The highest BCUT2D eigenvalue weighted by Crippen LogP contribution is 2.31. The average molecular weight is 262 g/mol. The summed E-state index contributed by atoms with van der Waals surface area (Å²) < 4.78 is 4.35. The molecule has 0 atom stereocenters. The normalized spacial score (nSPS) is 13.1. The van der Waals surface area contributed by atoms with E-state index in [9.17, 15) is 0 Å². The number of rotatable bonds is 1. The lowest BCUT2D eigenvalue weighted by Gasteiger charge is -2.05. The summed E-state index contributed by atoms with van der Waals surface area (Å²) >= 11 is 0. The van der Waals surface area contributed by atoms with Crippen molar-refractivity contribution < 1.29 is 4.57 Å². The molecule has 2 aromatic heterocycles. The van der Waals surface area contributed by atoms with Crippen LogP contribution in [-0.2, 0) is 13.5 Å². The molecule has 0 fully saturated rings. The first-order valence-electron chi connectivity index (χ1n) is 6.88. The van der Waals surface area contributed by atoms with E-state index in [0.29, 0.717) is 0 Å². The van der Waals surface area contributed by atoms with Crippen LogP contribution in [0.1, 0.15) is 11.4 Å². The molecule has 3 heterocycles. The molecular weight excluding hydrogens is 246 g/mol. The topological polar surface area (TPSA) is 21.7 Å². The Morgan fingerprint density at radius 2 is 2.10 bits per heavy atom. The maximum Gasteiger partial charge on any atom is 0.214 e. The number of pyridine rings is 1. The summed E-state index contributed by atoms with van der Waals surface area (Å²) in [5.41, 5.74) is 6.00. The maximum atomic E-state index is 4.86. The van der Waals surface area contributed by atoms with Gasteiger partial charge >= 0.3 is 0 Å². The average Bonchev–Trinajstić information content (AvgIpc) is 3.00. The highest BCUT2D eigenvalue weighted by Gasteiger charge is 2.20. The third-order valence-electron chi connectivity index (χ3n) is 4.01. The second kappa shape index (κ2) is 4.04. The summed E-state index contributed by atoms with van der Waals surface area (Å²) in [6.45, 7) is 2.15. The van der Waals surface area contributed by atoms with Crippen LogP contribution in [0.3, 0.4) is 0 Å². The summed E-state index contributed by atoms with van der Waals surface area (Å²) in [5.74, 6) is 1.13. The molecule has 0 aliphatic carbocycles. The number of nitrogens with zero attached hydrogens (tertiary/aromatic N) is 3. The van der Waals surface area contributed by atoms with Gasteiger partial charge in [-0.25, -0.2) is 9.55 Å². The number of benzene rings is 1. The zero-order valence-electron chi connectivity index (χ0n) is 11.7. The standard InChI is InChI=1S/C17H16N3/c1-12-8-9-14-17(18-15-7-5-11-20(14)15)16(12)13-6-3-4-10-19(13)2/h3-6,8-11H,7H2,1-2H3/q+1. The third-order valence-corrected chi connectivity index (χ3v) is 4.01. The number of allylic oxidation sites excluding steroid dienone is 1. The highest BCUT2D eigenvalue weighted by atomic mass is 15.1. The lowest BCUT2D eigenvalue weighted by molar-refractivity contribution is -0.660. The van der Waals surface area contributed by atoms with Gasteiger partial charge in [-0.05, 0) is 24.6 Å². The van der Waals surface area contributed by atoms with E-state index < -0.39 is 0 Å². The second-order valence-electron chi connectivity index (χ2n) is 5.31. The van der Waals surface area contributed by atoms with Gasteiger partial charge < -0.3 is 4.57 Å². The fourth-order valence-electron chi connectivity index (χ4n) is 2.99. The van der Waals surface area contributed by atoms with Crippen LogP contribution in [0.5, 0.6) is 0 Å². The minimum absolute atomic E-state index is 0.925. The predicted octanol–water partition coefficient (Wildman–Crippen LogP) is 2.86. The van der Waals surface area contributed by atoms with Crippen LogP contribution in [0.4, 0.5) is 0 Å². The van der Waals surface area contributed by atoms with Crippen LogP contribution < -0.4 is 4.57 Å². The van der Waals surface area contributed by atoms with Crippen LogP contribution in [0.2, 0.25) is 0 Å². The van der Waals surface area contributed by atoms with Gasteiger partial charge in [0, 0.05) is 24.8 Å². The molecule has 0 saturated carbocycles. The van der Waals surface area contributed by atoms with Gasteiger partial charge in [-0.1, -0.05) is 12.1 Å². The molecule has 1 aliphatic rings. The summed E-state index contributed by atoms with van der Waals surface area (Å²) in [6.07, 6.45) is 7.28. The molecular formula is C17H16N3+. The van der Waals surface area contributed by atoms with Gasteiger partial charge in [-0.2, -0.15) is 0 Å². The number of fused-ring (bicyclic) bond motifs is 3. The lowest BCUT2D eigenvalue weighted by Crippen LogP contribution is -2.30. The smallest absolute Gasteiger partial charge is 0.214 e. The molecule has 0 radical (unpaired) electrons. The quantitative estimate of drug-likeness (QED) is 0.618. The SMILES string of the molecule is Cc1ccc2c(nc3n2C=CC3)c1-c1cccc[n+]1C. The van der Waals surface area contributed by atoms with Gasteiger partial charge in [-0.3, -0.25) is 0 Å². The van der Waals surface area contributed by atoms with Crippen molar-refractivity contribution in [2.75, 3.05) is 0 Å². The Labute approximate surface area is 117 Å². The first-order valence-corrected chi connectivity index (χ1v) is 6.88. The van der Waals surface area contributed by atoms with Gasteiger partial charge in [-0.15, -0.1) is 0 Å². The molecule has 0 unspecified atom stereocenters. The largest absolute Gasteiger partial charge is 0.303 e. The van der Waals surface area contributed by atoms with Crippen LogP contribution in [0.15, 0.2) is 42.6 Å². The van der Waals surface area contributed by atoms with Gasteiger partial charge in [0.25, 0.3) is 0 Å². The maximum absolute atomic E-state index is 4.86. The zero-order chi connectivity index (χ0) is 13.7. The molecule has 3 heteroatoms. The van der Waals surface area contributed by atoms with Gasteiger partial charge in [0.2, 0.25) is 5.69 Å². The van der Waals surface area contributed by atoms with Crippen molar-refractivity contribution in [1.82, 2.24) is 9.55 Å². The zero-order valence-corrected chi connectivity index (χ0v) is 11.7. The van der Waals surface area contributed by atoms with E-state index in [1.807, 2.05) is 0 Å². The van der Waals surface area contributed by atoms with Crippen LogP contribution >= 0.6 is 0 Å². The van der Waals surface area contributed by atoms with E-state index in [-0.39, 0.29) is 0 Å². The van der Waals surface area contributed by atoms with Crippen LogP contribution in [-0.4, -0.2) is 9.55 Å². The van der Waals surface area contributed by atoms with E-state index in [2.05, 4.69) is 71.9 Å². The number of aryl methyl sites for hydroxylation is 2. The molecule has 20 heavy (non-hydrogen) atoms. The molecule has 0 N–H and O–H groups in total. The Bertz CT molecular complexity index is 856. The summed E-state index contributed by atoms with van der Waals surface area (Å²) in [7, 11) is 2.08. The van der Waals surface area contributed by atoms with E-state index in [0.717, 1.165) is 17.8 Å². The first kappa shape index (κ1) is 11.4.